The summed E-state index contributed by atoms with van der Waals surface area (Å²) in [6, 6.07) is 1.03. The quantitative estimate of drug-likeness (QED) is 0.776. The second-order valence-corrected chi connectivity index (χ2v) is 5.38. The smallest absolute Gasteiger partial charge is 0.0731 e. The molecule has 100 valence electrons. The topological polar surface area (TPSA) is 47.7 Å². The van der Waals surface area contributed by atoms with Crippen LogP contribution in [0.4, 0.5) is 0 Å². The van der Waals surface area contributed by atoms with Gasteiger partial charge in [0.05, 0.1) is 19.3 Å². The largest absolute Gasteiger partial charge is 0.384 e. The zero-order valence-corrected chi connectivity index (χ0v) is 11.1. The predicted octanol–water partition coefficient (Wildman–Crippen LogP) is 0.850. The van der Waals surface area contributed by atoms with Crippen LogP contribution in [0, 0.1) is 5.92 Å². The van der Waals surface area contributed by atoms with Crippen LogP contribution >= 0.6 is 0 Å². The van der Waals surface area contributed by atoms with Crippen LogP contribution in [0.2, 0.25) is 0 Å². The van der Waals surface area contributed by atoms with Crippen LogP contribution in [0.1, 0.15) is 26.2 Å². The highest BCUT2D eigenvalue weighted by atomic mass is 16.5. The molecule has 2 N–H and O–H groups in total. The number of methoxy groups -OCH3 is 1. The molecule has 1 heterocycles. The van der Waals surface area contributed by atoms with Crippen LogP contribution in [0.15, 0.2) is 0 Å². The van der Waals surface area contributed by atoms with Gasteiger partial charge in [0.25, 0.3) is 0 Å². The van der Waals surface area contributed by atoms with E-state index in [1.54, 1.807) is 7.11 Å². The lowest BCUT2D eigenvalue weighted by Gasteiger charge is -2.44. The fourth-order valence-electron chi connectivity index (χ4n) is 3.44. The summed E-state index contributed by atoms with van der Waals surface area (Å²) < 4.78 is 11.1. The van der Waals surface area contributed by atoms with Crippen LogP contribution in [0.3, 0.4) is 0 Å². The Hall–Kier alpha value is -0.160. The first kappa shape index (κ1) is 13.3. The lowest BCUT2D eigenvalue weighted by molar-refractivity contribution is -0.0817. The summed E-state index contributed by atoms with van der Waals surface area (Å²) in [4.78, 5) is 2.59. The molecule has 1 saturated carbocycles. The minimum Gasteiger partial charge on any atom is -0.384 e. The van der Waals surface area contributed by atoms with Gasteiger partial charge in [-0.3, -0.25) is 4.90 Å². The van der Waals surface area contributed by atoms with Gasteiger partial charge in [-0.2, -0.15) is 0 Å². The van der Waals surface area contributed by atoms with E-state index in [4.69, 9.17) is 15.2 Å². The van der Waals surface area contributed by atoms with Crippen molar-refractivity contribution in [2.75, 3.05) is 33.4 Å². The van der Waals surface area contributed by atoms with Crippen molar-refractivity contribution in [1.82, 2.24) is 4.90 Å². The van der Waals surface area contributed by atoms with Crippen molar-refractivity contribution in [1.29, 1.82) is 0 Å². The third-order valence-electron chi connectivity index (χ3n) is 4.28. The average Bonchev–Trinajstić information content (AvgIpc) is 2.79. The monoisotopic (exact) mass is 242 g/mol. The summed E-state index contributed by atoms with van der Waals surface area (Å²) in [6.45, 7) is 5.62. The normalized spacial score (nSPS) is 33.4. The lowest BCUT2D eigenvalue weighted by atomic mass is 9.97. The van der Waals surface area contributed by atoms with Crippen molar-refractivity contribution in [3.8, 4) is 0 Å². The first-order valence-electron chi connectivity index (χ1n) is 6.84. The molecule has 1 aliphatic heterocycles. The summed E-state index contributed by atoms with van der Waals surface area (Å²) in [5.41, 5.74) is 5.98. The van der Waals surface area contributed by atoms with Gasteiger partial charge in [-0.1, -0.05) is 6.92 Å². The van der Waals surface area contributed by atoms with Gasteiger partial charge >= 0.3 is 0 Å². The molecule has 1 saturated heterocycles. The van der Waals surface area contributed by atoms with E-state index < -0.39 is 0 Å². The van der Waals surface area contributed by atoms with Gasteiger partial charge in [0.2, 0.25) is 0 Å². The Labute approximate surface area is 104 Å². The van der Waals surface area contributed by atoms with E-state index >= 15 is 0 Å². The number of rotatable bonds is 5. The molecule has 1 aliphatic carbocycles. The molecule has 0 aromatic rings. The van der Waals surface area contributed by atoms with Gasteiger partial charge in [-0.15, -0.1) is 0 Å². The molecule has 0 spiro atoms. The number of fused-ring (bicyclic) bond motifs is 1. The first-order chi connectivity index (χ1) is 8.27. The van der Waals surface area contributed by atoms with Crippen molar-refractivity contribution >= 4 is 0 Å². The zero-order valence-electron chi connectivity index (χ0n) is 11.1. The summed E-state index contributed by atoms with van der Waals surface area (Å²) in [5.74, 6) is 0.490. The molecule has 4 atom stereocenters. The zero-order chi connectivity index (χ0) is 12.3. The minimum atomic E-state index is 0.435. The number of morpholine rings is 1. The molecular formula is C13H26N2O2. The van der Waals surface area contributed by atoms with E-state index in [0.717, 1.165) is 19.8 Å². The third kappa shape index (κ3) is 2.81. The van der Waals surface area contributed by atoms with Crippen molar-refractivity contribution in [3.05, 3.63) is 0 Å². The van der Waals surface area contributed by atoms with Crippen LogP contribution < -0.4 is 5.73 Å². The number of ether oxygens (including phenoxy) is 2. The maximum Gasteiger partial charge on any atom is 0.0731 e. The SMILES string of the molecule is COCC(C)C(CN)N1CCOC2CCCC21. The average molecular weight is 242 g/mol. The van der Waals surface area contributed by atoms with E-state index in [1.165, 1.54) is 19.3 Å². The number of hydrogen-bond acceptors (Lipinski definition) is 4. The second kappa shape index (κ2) is 6.14. The second-order valence-electron chi connectivity index (χ2n) is 5.38. The highest BCUT2D eigenvalue weighted by Gasteiger charge is 2.39. The van der Waals surface area contributed by atoms with Crippen LogP contribution in [0.25, 0.3) is 0 Å². The van der Waals surface area contributed by atoms with Crippen molar-refractivity contribution in [2.24, 2.45) is 11.7 Å². The maximum absolute atomic E-state index is 5.98. The molecule has 0 bridgehead atoms. The summed E-state index contributed by atoms with van der Waals surface area (Å²) in [5, 5.41) is 0. The summed E-state index contributed by atoms with van der Waals surface area (Å²) in [6.07, 6.45) is 4.23. The Bertz CT molecular complexity index is 237. The summed E-state index contributed by atoms with van der Waals surface area (Å²) in [7, 11) is 1.77. The van der Waals surface area contributed by atoms with Crippen molar-refractivity contribution in [3.63, 3.8) is 0 Å². The molecule has 2 fully saturated rings. The first-order valence-corrected chi connectivity index (χ1v) is 6.84. The van der Waals surface area contributed by atoms with Crippen molar-refractivity contribution < 1.29 is 9.47 Å². The van der Waals surface area contributed by atoms with Crippen LogP contribution in [0.5, 0.6) is 0 Å². The van der Waals surface area contributed by atoms with Gasteiger partial charge in [0.1, 0.15) is 0 Å². The molecule has 0 aromatic carbocycles. The third-order valence-corrected chi connectivity index (χ3v) is 4.28. The molecule has 17 heavy (non-hydrogen) atoms. The molecule has 2 aliphatic rings. The van der Waals surface area contributed by atoms with E-state index in [2.05, 4.69) is 11.8 Å². The Morgan fingerprint density at radius 2 is 2.29 bits per heavy atom. The van der Waals surface area contributed by atoms with Crippen LogP contribution in [-0.4, -0.2) is 56.5 Å². The van der Waals surface area contributed by atoms with E-state index in [1.807, 2.05) is 0 Å². The number of nitrogens with two attached hydrogens (primary N) is 1. The minimum absolute atomic E-state index is 0.435. The highest BCUT2D eigenvalue weighted by Crippen LogP contribution is 2.32. The van der Waals surface area contributed by atoms with Gasteiger partial charge in [-0.05, 0) is 25.2 Å². The Morgan fingerprint density at radius 1 is 1.47 bits per heavy atom. The molecular weight excluding hydrogens is 216 g/mol. The molecule has 4 nitrogen and oxygen atoms in total. The Balaban J connectivity index is 2.01. The molecule has 4 unspecified atom stereocenters. The van der Waals surface area contributed by atoms with E-state index in [9.17, 15) is 0 Å². The van der Waals surface area contributed by atoms with E-state index in [0.29, 0.717) is 30.7 Å². The van der Waals surface area contributed by atoms with Gasteiger partial charge in [0.15, 0.2) is 0 Å². The molecule has 4 heteroatoms. The van der Waals surface area contributed by atoms with Gasteiger partial charge in [-0.25, -0.2) is 0 Å². The molecule has 0 aromatic heterocycles. The standard InChI is InChI=1S/C13H26N2O2/c1-10(9-16-2)12(8-14)15-6-7-17-13-5-3-4-11(13)15/h10-13H,3-9,14H2,1-2H3. The van der Waals surface area contributed by atoms with Crippen LogP contribution in [-0.2, 0) is 9.47 Å². The van der Waals surface area contributed by atoms with E-state index in [-0.39, 0.29) is 0 Å². The van der Waals surface area contributed by atoms with Crippen molar-refractivity contribution in [2.45, 2.75) is 44.4 Å². The summed E-state index contributed by atoms with van der Waals surface area (Å²) >= 11 is 0. The number of nitrogens with zero attached hydrogens (tertiary/aromatic N) is 1. The Kier molecular flexibility index (Phi) is 4.79. The van der Waals surface area contributed by atoms with Gasteiger partial charge in [0, 0.05) is 32.3 Å². The fourth-order valence-corrected chi connectivity index (χ4v) is 3.44. The van der Waals surface area contributed by atoms with Gasteiger partial charge < -0.3 is 15.2 Å². The molecule has 0 radical (unpaired) electrons. The lowest BCUT2D eigenvalue weighted by Crippen LogP contribution is -2.57. The molecule has 0 amide bonds. The predicted molar refractivity (Wildman–Crippen MR) is 68.0 cm³/mol. The Morgan fingerprint density at radius 3 is 3.00 bits per heavy atom. The fraction of sp³-hybridized carbons (Fsp3) is 1.00. The highest BCUT2D eigenvalue weighted by molar-refractivity contribution is 4.93. The maximum atomic E-state index is 5.98. The number of hydrogen-bond donors (Lipinski definition) is 1. The molecule has 2 rings (SSSR count).